The van der Waals surface area contributed by atoms with Gasteiger partial charge < -0.3 is 15.2 Å². The highest BCUT2D eigenvalue weighted by molar-refractivity contribution is 7.10. The van der Waals surface area contributed by atoms with Gasteiger partial charge >= 0.3 is 0 Å². The summed E-state index contributed by atoms with van der Waals surface area (Å²) in [7, 11) is 1.55. The minimum atomic E-state index is 0.333. The van der Waals surface area contributed by atoms with Crippen molar-refractivity contribution < 1.29 is 9.47 Å². The van der Waals surface area contributed by atoms with Gasteiger partial charge in [0.05, 0.1) is 30.2 Å². The Balaban J connectivity index is 2.14. The van der Waals surface area contributed by atoms with E-state index >= 15 is 0 Å². The van der Waals surface area contributed by atoms with E-state index in [4.69, 9.17) is 20.5 Å². The number of thiophene rings is 1. The number of hydrogen-bond donors (Lipinski definition) is 1. The molecule has 0 bridgehead atoms. The summed E-state index contributed by atoms with van der Waals surface area (Å²) in [5, 5.41) is 10.8. The van der Waals surface area contributed by atoms with Crippen molar-refractivity contribution >= 4 is 11.3 Å². The third-order valence-electron chi connectivity index (χ3n) is 2.72. The first kappa shape index (κ1) is 14.9. The molecule has 0 aliphatic heterocycles. The number of nitriles is 1. The highest BCUT2D eigenvalue weighted by Gasteiger charge is 2.08. The maximum absolute atomic E-state index is 8.88. The van der Waals surface area contributed by atoms with E-state index in [2.05, 4.69) is 17.9 Å². The maximum Gasteiger partial charge on any atom is 0.162 e. The predicted octanol–water partition coefficient (Wildman–Crippen LogP) is 2.52. The zero-order valence-electron chi connectivity index (χ0n) is 11.6. The third-order valence-corrected chi connectivity index (χ3v) is 3.62. The summed E-state index contributed by atoms with van der Waals surface area (Å²) in [6.07, 6.45) is 0. The Kier molecular flexibility index (Phi) is 5.22. The van der Waals surface area contributed by atoms with Crippen LogP contribution >= 0.6 is 11.3 Å². The van der Waals surface area contributed by atoms with Crippen LogP contribution in [0.15, 0.2) is 29.6 Å². The second-order valence-electron chi connectivity index (χ2n) is 4.03. The lowest BCUT2D eigenvalue weighted by Gasteiger charge is -2.10. The summed E-state index contributed by atoms with van der Waals surface area (Å²) in [4.78, 5) is 1.03. The minimum absolute atomic E-state index is 0.333. The van der Waals surface area contributed by atoms with Crippen LogP contribution in [0.2, 0.25) is 0 Å². The Hall–Kier alpha value is -2.47. The number of benzene rings is 1. The molecule has 1 heterocycles. The fourth-order valence-corrected chi connectivity index (χ4v) is 2.45. The van der Waals surface area contributed by atoms with E-state index in [1.807, 2.05) is 11.4 Å². The van der Waals surface area contributed by atoms with E-state index < -0.39 is 0 Å². The monoisotopic (exact) mass is 298 g/mol. The average Bonchev–Trinajstić information content (AvgIpc) is 2.98. The molecule has 0 spiro atoms. The van der Waals surface area contributed by atoms with Crippen molar-refractivity contribution in [1.82, 2.24) is 0 Å². The van der Waals surface area contributed by atoms with Crippen LogP contribution in [0.25, 0.3) is 0 Å². The maximum atomic E-state index is 8.88. The normalized spacial score (nSPS) is 9.38. The standard InChI is InChI=1S/C16H14N2O2S/c1-19-15-9-12(10-18)4-5-14(15)20-11-16-13(3-2-7-17)6-8-21-16/h4-6,8-9H,7,11,17H2,1H3. The van der Waals surface area contributed by atoms with Crippen molar-refractivity contribution in [2.24, 2.45) is 5.73 Å². The van der Waals surface area contributed by atoms with Crippen LogP contribution in [-0.2, 0) is 6.61 Å². The average molecular weight is 298 g/mol. The van der Waals surface area contributed by atoms with E-state index in [0.29, 0.717) is 30.2 Å². The highest BCUT2D eigenvalue weighted by atomic mass is 32.1. The second-order valence-corrected chi connectivity index (χ2v) is 5.03. The number of methoxy groups -OCH3 is 1. The Morgan fingerprint density at radius 1 is 1.29 bits per heavy atom. The van der Waals surface area contributed by atoms with E-state index in [1.54, 1.807) is 36.6 Å². The van der Waals surface area contributed by atoms with Gasteiger partial charge in [0, 0.05) is 11.6 Å². The quantitative estimate of drug-likeness (QED) is 0.881. The van der Waals surface area contributed by atoms with E-state index in [1.165, 1.54) is 0 Å². The Morgan fingerprint density at radius 2 is 2.14 bits per heavy atom. The fraction of sp³-hybridized carbons (Fsp3) is 0.188. The highest BCUT2D eigenvalue weighted by Crippen LogP contribution is 2.29. The molecule has 0 unspecified atom stereocenters. The summed E-state index contributed by atoms with van der Waals surface area (Å²) in [5.41, 5.74) is 6.84. The van der Waals surface area contributed by atoms with Crippen LogP contribution < -0.4 is 15.2 Å². The van der Waals surface area contributed by atoms with Crippen LogP contribution in [0, 0.1) is 23.2 Å². The molecule has 1 aromatic heterocycles. The molecule has 0 radical (unpaired) electrons. The zero-order valence-corrected chi connectivity index (χ0v) is 12.4. The molecule has 21 heavy (non-hydrogen) atoms. The molecule has 0 aliphatic carbocycles. The zero-order chi connectivity index (χ0) is 15.1. The molecule has 0 aliphatic rings. The van der Waals surface area contributed by atoms with E-state index in [0.717, 1.165) is 10.4 Å². The van der Waals surface area contributed by atoms with Gasteiger partial charge in [-0.15, -0.1) is 11.3 Å². The summed E-state index contributed by atoms with van der Waals surface area (Å²) in [6.45, 7) is 0.730. The fourth-order valence-electron chi connectivity index (χ4n) is 1.71. The number of hydrogen-bond acceptors (Lipinski definition) is 5. The summed E-state index contributed by atoms with van der Waals surface area (Å²) < 4.78 is 11.0. The Labute approximate surface area is 127 Å². The van der Waals surface area contributed by atoms with Gasteiger partial charge in [-0.05, 0) is 23.6 Å². The SMILES string of the molecule is COc1cc(C#N)ccc1OCc1sccc1C#CCN. The first-order chi connectivity index (χ1) is 10.3. The van der Waals surface area contributed by atoms with Gasteiger partial charge in [-0.2, -0.15) is 5.26 Å². The second kappa shape index (κ2) is 7.35. The van der Waals surface area contributed by atoms with Crippen LogP contribution in [0.5, 0.6) is 11.5 Å². The van der Waals surface area contributed by atoms with Crippen LogP contribution in [-0.4, -0.2) is 13.7 Å². The molecular formula is C16H14N2O2S. The van der Waals surface area contributed by atoms with Crippen molar-refractivity contribution in [3.63, 3.8) is 0 Å². The molecule has 0 saturated carbocycles. The number of nitrogens with zero attached hydrogens (tertiary/aromatic N) is 1. The molecule has 2 N–H and O–H groups in total. The summed E-state index contributed by atoms with van der Waals surface area (Å²) in [6, 6.07) is 9.09. The van der Waals surface area contributed by atoms with Gasteiger partial charge in [-0.25, -0.2) is 0 Å². The van der Waals surface area contributed by atoms with Gasteiger partial charge in [-0.1, -0.05) is 11.8 Å². The molecule has 0 fully saturated rings. The van der Waals surface area contributed by atoms with Gasteiger partial charge in [0.2, 0.25) is 0 Å². The topological polar surface area (TPSA) is 68.3 Å². The van der Waals surface area contributed by atoms with Crippen molar-refractivity contribution in [2.75, 3.05) is 13.7 Å². The van der Waals surface area contributed by atoms with Gasteiger partial charge in [0.25, 0.3) is 0 Å². The van der Waals surface area contributed by atoms with Gasteiger partial charge in [0.1, 0.15) is 6.61 Å². The van der Waals surface area contributed by atoms with Gasteiger partial charge in [0.15, 0.2) is 11.5 Å². The molecule has 2 aromatic rings. The molecule has 0 atom stereocenters. The van der Waals surface area contributed by atoms with Crippen molar-refractivity contribution in [3.8, 4) is 29.4 Å². The lowest BCUT2D eigenvalue weighted by Crippen LogP contribution is -1.98. The first-order valence-electron chi connectivity index (χ1n) is 6.24. The molecule has 0 saturated heterocycles. The van der Waals surface area contributed by atoms with Crippen molar-refractivity contribution in [3.05, 3.63) is 45.6 Å². The Bertz CT molecular complexity index is 720. The number of nitrogens with two attached hydrogens (primary N) is 1. The molecule has 0 amide bonds. The van der Waals surface area contributed by atoms with E-state index in [-0.39, 0.29) is 0 Å². The van der Waals surface area contributed by atoms with Gasteiger partial charge in [-0.3, -0.25) is 0 Å². The van der Waals surface area contributed by atoms with Crippen molar-refractivity contribution in [2.45, 2.75) is 6.61 Å². The largest absolute Gasteiger partial charge is 0.493 e. The number of rotatable bonds is 4. The third kappa shape index (κ3) is 3.76. The Morgan fingerprint density at radius 3 is 2.86 bits per heavy atom. The lowest BCUT2D eigenvalue weighted by molar-refractivity contribution is 0.287. The smallest absolute Gasteiger partial charge is 0.162 e. The molecule has 5 heteroatoms. The minimum Gasteiger partial charge on any atom is -0.493 e. The van der Waals surface area contributed by atoms with E-state index in [9.17, 15) is 0 Å². The van der Waals surface area contributed by atoms with Crippen LogP contribution in [0.3, 0.4) is 0 Å². The molecule has 106 valence electrons. The van der Waals surface area contributed by atoms with Crippen LogP contribution in [0.4, 0.5) is 0 Å². The molecule has 2 rings (SSSR count). The van der Waals surface area contributed by atoms with Crippen LogP contribution in [0.1, 0.15) is 16.0 Å². The number of ether oxygens (including phenoxy) is 2. The molecule has 1 aromatic carbocycles. The first-order valence-corrected chi connectivity index (χ1v) is 7.12. The summed E-state index contributed by atoms with van der Waals surface area (Å²) in [5.74, 6) is 6.99. The van der Waals surface area contributed by atoms with Crippen molar-refractivity contribution in [1.29, 1.82) is 5.26 Å². The molecular weight excluding hydrogens is 284 g/mol. The molecule has 4 nitrogen and oxygen atoms in total. The predicted molar refractivity (Wildman–Crippen MR) is 82.3 cm³/mol. The lowest BCUT2D eigenvalue weighted by atomic mass is 10.2. The summed E-state index contributed by atoms with van der Waals surface area (Å²) >= 11 is 1.58.